The summed E-state index contributed by atoms with van der Waals surface area (Å²) in [5.41, 5.74) is 10.7. The predicted molar refractivity (Wildman–Crippen MR) is 61.3 cm³/mol. The van der Waals surface area contributed by atoms with Gasteiger partial charge in [0.1, 0.15) is 0 Å². The Morgan fingerprint density at radius 1 is 1.56 bits per heavy atom. The van der Waals surface area contributed by atoms with Crippen molar-refractivity contribution in [3.63, 3.8) is 0 Å². The summed E-state index contributed by atoms with van der Waals surface area (Å²) in [7, 11) is 0. The van der Waals surface area contributed by atoms with E-state index in [4.69, 9.17) is 5.53 Å². The van der Waals surface area contributed by atoms with Crippen LogP contribution in [-0.4, -0.2) is 16.1 Å². The summed E-state index contributed by atoms with van der Waals surface area (Å²) in [5, 5.41) is 3.42. The van der Waals surface area contributed by atoms with Crippen LogP contribution in [-0.2, 0) is 6.54 Å². The van der Waals surface area contributed by atoms with Gasteiger partial charge in [-0.3, -0.25) is 4.57 Å². The topological polar surface area (TPSA) is 86.5 Å². The highest BCUT2D eigenvalue weighted by Gasteiger charge is 2.05. The maximum atomic E-state index is 11.6. The average molecular weight is 217 g/mol. The molecule has 0 spiro atoms. The van der Waals surface area contributed by atoms with Crippen molar-refractivity contribution in [2.75, 3.05) is 6.54 Å². The lowest BCUT2D eigenvalue weighted by atomic mass is 10.2. The third-order valence-electron chi connectivity index (χ3n) is 2.42. The lowest BCUT2D eigenvalue weighted by Crippen LogP contribution is -2.17. The zero-order chi connectivity index (χ0) is 11.5. The minimum atomic E-state index is -0.172. The van der Waals surface area contributed by atoms with Crippen molar-refractivity contribution in [1.29, 1.82) is 0 Å². The number of benzene rings is 1. The molecule has 0 aliphatic heterocycles. The van der Waals surface area contributed by atoms with E-state index in [0.717, 1.165) is 16.6 Å². The van der Waals surface area contributed by atoms with Crippen LogP contribution in [0, 0.1) is 6.92 Å². The van der Waals surface area contributed by atoms with Gasteiger partial charge >= 0.3 is 5.69 Å². The Labute approximate surface area is 91.1 Å². The van der Waals surface area contributed by atoms with Crippen LogP contribution >= 0.6 is 0 Å². The second-order valence-corrected chi connectivity index (χ2v) is 3.56. The number of rotatable bonds is 3. The molecule has 16 heavy (non-hydrogen) atoms. The Kier molecular flexibility index (Phi) is 2.66. The van der Waals surface area contributed by atoms with E-state index in [1.807, 2.05) is 25.1 Å². The first-order chi connectivity index (χ1) is 7.72. The highest BCUT2D eigenvalue weighted by atomic mass is 16.1. The SMILES string of the molecule is Cc1ccc2c(c1)[nH]c(=O)n2CCN=[N+]=[N-]. The molecule has 0 aliphatic carbocycles. The first-order valence-corrected chi connectivity index (χ1v) is 4.92. The van der Waals surface area contributed by atoms with Crippen LogP contribution in [0.2, 0.25) is 0 Å². The standard InChI is InChI=1S/C10H11N5O/c1-7-2-3-9-8(6-7)13-10(16)15(9)5-4-12-14-11/h2-3,6H,4-5H2,1H3,(H,13,16). The molecule has 1 heterocycles. The Morgan fingerprint density at radius 3 is 3.12 bits per heavy atom. The maximum absolute atomic E-state index is 11.6. The Bertz CT molecular complexity index is 618. The normalized spacial score (nSPS) is 10.3. The molecule has 6 heteroatoms. The highest BCUT2D eigenvalue weighted by Crippen LogP contribution is 2.11. The van der Waals surface area contributed by atoms with Crippen molar-refractivity contribution in [3.8, 4) is 0 Å². The zero-order valence-electron chi connectivity index (χ0n) is 8.84. The minimum Gasteiger partial charge on any atom is -0.306 e. The molecule has 0 saturated carbocycles. The van der Waals surface area contributed by atoms with Crippen LogP contribution in [0.1, 0.15) is 5.56 Å². The van der Waals surface area contributed by atoms with Crippen LogP contribution < -0.4 is 5.69 Å². The van der Waals surface area contributed by atoms with Gasteiger partial charge in [0.05, 0.1) is 11.0 Å². The van der Waals surface area contributed by atoms with Crippen molar-refractivity contribution in [2.45, 2.75) is 13.5 Å². The number of aryl methyl sites for hydroxylation is 1. The van der Waals surface area contributed by atoms with Crippen LogP contribution in [0.3, 0.4) is 0 Å². The molecule has 0 bridgehead atoms. The van der Waals surface area contributed by atoms with Gasteiger partial charge in [-0.25, -0.2) is 4.79 Å². The molecular formula is C10H11N5O. The molecule has 0 atom stereocenters. The molecule has 0 saturated heterocycles. The monoisotopic (exact) mass is 217 g/mol. The van der Waals surface area contributed by atoms with Gasteiger partial charge in [-0.05, 0) is 30.2 Å². The van der Waals surface area contributed by atoms with Gasteiger partial charge in [-0.2, -0.15) is 0 Å². The average Bonchev–Trinajstić information content (AvgIpc) is 2.55. The fourth-order valence-corrected chi connectivity index (χ4v) is 1.69. The Balaban J connectivity index is 2.47. The number of fused-ring (bicyclic) bond motifs is 1. The highest BCUT2D eigenvalue weighted by molar-refractivity contribution is 5.75. The predicted octanol–water partition coefficient (Wildman–Crippen LogP) is 1.95. The minimum absolute atomic E-state index is 0.172. The summed E-state index contributed by atoms with van der Waals surface area (Å²) in [6.07, 6.45) is 0. The maximum Gasteiger partial charge on any atom is 0.326 e. The van der Waals surface area contributed by atoms with Crippen molar-refractivity contribution < 1.29 is 0 Å². The van der Waals surface area contributed by atoms with E-state index >= 15 is 0 Å². The van der Waals surface area contributed by atoms with E-state index in [1.165, 1.54) is 0 Å². The number of nitrogens with zero attached hydrogens (tertiary/aromatic N) is 4. The molecule has 0 aliphatic rings. The summed E-state index contributed by atoms with van der Waals surface area (Å²) >= 11 is 0. The second kappa shape index (κ2) is 4.12. The van der Waals surface area contributed by atoms with Crippen LogP contribution in [0.4, 0.5) is 0 Å². The van der Waals surface area contributed by atoms with Crippen molar-refractivity contribution in [3.05, 3.63) is 44.7 Å². The van der Waals surface area contributed by atoms with Crippen molar-refractivity contribution >= 4 is 11.0 Å². The Morgan fingerprint density at radius 2 is 2.38 bits per heavy atom. The van der Waals surface area contributed by atoms with E-state index in [0.29, 0.717) is 6.54 Å². The molecule has 0 amide bonds. The third kappa shape index (κ3) is 1.78. The largest absolute Gasteiger partial charge is 0.326 e. The van der Waals surface area contributed by atoms with E-state index < -0.39 is 0 Å². The molecule has 0 radical (unpaired) electrons. The fraction of sp³-hybridized carbons (Fsp3) is 0.300. The second-order valence-electron chi connectivity index (χ2n) is 3.56. The lowest BCUT2D eigenvalue weighted by Gasteiger charge is -1.99. The number of aromatic amines is 1. The summed E-state index contributed by atoms with van der Waals surface area (Å²) in [6.45, 7) is 2.64. The smallest absolute Gasteiger partial charge is 0.306 e. The molecule has 6 nitrogen and oxygen atoms in total. The van der Waals surface area contributed by atoms with E-state index in [9.17, 15) is 4.79 Å². The molecular weight excluding hydrogens is 206 g/mol. The van der Waals surface area contributed by atoms with Crippen LogP contribution in [0.5, 0.6) is 0 Å². The first kappa shape index (κ1) is 10.3. The number of aromatic nitrogens is 2. The molecule has 2 rings (SSSR count). The summed E-state index contributed by atoms with van der Waals surface area (Å²) in [6, 6.07) is 5.75. The van der Waals surface area contributed by atoms with E-state index in [1.54, 1.807) is 4.57 Å². The van der Waals surface area contributed by atoms with Crippen LogP contribution in [0.25, 0.3) is 21.5 Å². The number of hydrogen-bond acceptors (Lipinski definition) is 2. The van der Waals surface area contributed by atoms with Gasteiger partial charge in [-0.15, -0.1) is 0 Å². The molecule has 82 valence electrons. The van der Waals surface area contributed by atoms with Crippen LogP contribution in [0.15, 0.2) is 28.1 Å². The molecule has 1 N–H and O–H groups in total. The quantitative estimate of drug-likeness (QED) is 0.475. The number of H-pyrrole nitrogens is 1. The van der Waals surface area contributed by atoms with Crippen molar-refractivity contribution in [2.24, 2.45) is 5.11 Å². The fourth-order valence-electron chi connectivity index (χ4n) is 1.69. The van der Waals surface area contributed by atoms with Gasteiger partial charge in [0.15, 0.2) is 0 Å². The molecule has 1 aromatic carbocycles. The number of imidazole rings is 1. The van der Waals surface area contributed by atoms with Gasteiger partial charge < -0.3 is 4.98 Å². The number of hydrogen-bond donors (Lipinski definition) is 1. The Hall–Kier alpha value is -2.20. The van der Waals surface area contributed by atoms with Gasteiger partial charge in [-0.1, -0.05) is 11.2 Å². The van der Waals surface area contributed by atoms with E-state index in [2.05, 4.69) is 15.0 Å². The number of nitrogens with one attached hydrogen (secondary N) is 1. The van der Waals surface area contributed by atoms with Gasteiger partial charge in [0.2, 0.25) is 0 Å². The number of azide groups is 1. The molecule has 1 aromatic heterocycles. The zero-order valence-corrected chi connectivity index (χ0v) is 8.84. The molecule has 0 fully saturated rings. The summed E-state index contributed by atoms with van der Waals surface area (Å²) in [5.74, 6) is 0. The van der Waals surface area contributed by atoms with Crippen molar-refractivity contribution in [1.82, 2.24) is 9.55 Å². The first-order valence-electron chi connectivity index (χ1n) is 4.92. The molecule has 2 aromatic rings. The van der Waals surface area contributed by atoms with Gasteiger partial charge in [0, 0.05) is 18.0 Å². The van der Waals surface area contributed by atoms with Gasteiger partial charge in [0.25, 0.3) is 0 Å². The van der Waals surface area contributed by atoms with E-state index in [-0.39, 0.29) is 12.2 Å². The summed E-state index contributed by atoms with van der Waals surface area (Å²) < 4.78 is 1.57. The molecule has 0 unspecified atom stereocenters. The third-order valence-corrected chi connectivity index (χ3v) is 2.42. The lowest BCUT2D eigenvalue weighted by molar-refractivity contribution is 0.700. The summed E-state index contributed by atoms with van der Waals surface area (Å²) in [4.78, 5) is 17.0.